The molecule has 0 radical (unpaired) electrons. The molecule has 0 bridgehead atoms. The average molecular weight is 339 g/mol. The van der Waals surface area contributed by atoms with Gasteiger partial charge < -0.3 is 4.90 Å². The molecule has 24 heavy (non-hydrogen) atoms. The maximum absolute atomic E-state index is 13.0. The van der Waals surface area contributed by atoms with E-state index in [-0.39, 0.29) is 18.4 Å². The number of carbonyl (C=O) groups excluding carboxylic acids is 1. The van der Waals surface area contributed by atoms with Crippen LogP contribution in [0.4, 0.5) is 13.2 Å². The molecule has 1 fully saturated rings. The van der Waals surface area contributed by atoms with Crippen LogP contribution in [0.15, 0.2) is 30.9 Å². The van der Waals surface area contributed by atoms with Gasteiger partial charge in [0.05, 0.1) is 11.0 Å². The Morgan fingerprint density at radius 1 is 1.33 bits per heavy atom. The minimum atomic E-state index is -4.37. The second-order valence-corrected chi connectivity index (χ2v) is 6.99. The number of hydrogen-bond donors (Lipinski definition) is 0. The van der Waals surface area contributed by atoms with Crippen molar-refractivity contribution < 1.29 is 18.0 Å². The van der Waals surface area contributed by atoms with Crippen molar-refractivity contribution in [3.8, 4) is 0 Å². The number of aryl methyl sites for hydroxylation is 1. The molecule has 0 N–H and O–H groups in total. The number of hydrogen-bond acceptors (Lipinski definition) is 1. The van der Waals surface area contributed by atoms with Gasteiger partial charge in [-0.1, -0.05) is 31.6 Å². The maximum Gasteiger partial charge on any atom is 0.416 e. The number of rotatable bonds is 5. The van der Waals surface area contributed by atoms with Gasteiger partial charge in [-0.3, -0.25) is 4.79 Å². The van der Waals surface area contributed by atoms with Crippen molar-refractivity contribution in [3.63, 3.8) is 0 Å². The number of nitrogens with zero attached hydrogens (tertiary/aromatic N) is 1. The Balaban J connectivity index is 2.25. The summed E-state index contributed by atoms with van der Waals surface area (Å²) in [6, 6.07) is 3.99. The Hall–Kier alpha value is -1.78. The summed E-state index contributed by atoms with van der Waals surface area (Å²) in [5, 5.41) is 0. The number of amides is 1. The highest BCUT2D eigenvalue weighted by Crippen LogP contribution is 2.43. The van der Waals surface area contributed by atoms with E-state index in [0.717, 1.165) is 12.1 Å². The van der Waals surface area contributed by atoms with Gasteiger partial charge in [0.1, 0.15) is 0 Å². The predicted octanol–water partition coefficient (Wildman–Crippen LogP) is 4.96. The van der Waals surface area contributed by atoms with Gasteiger partial charge >= 0.3 is 6.18 Å². The van der Waals surface area contributed by atoms with Gasteiger partial charge in [-0.15, -0.1) is 6.58 Å². The number of halogens is 3. The van der Waals surface area contributed by atoms with Crippen molar-refractivity contribution in [2.45, 2.75) is 46.3 Å². The third kappa shape index (κ3) is 3.50. The normalized spacial score (nSPS) is 21.6. The van der Waals surface area contributed by atoms with Crippen LogP contribution in [0.3, 0.4) is 0 Å². The van der Waals surface area contributed by atoms with Crippen LogP contribution in [-0.2, 0) is 17.5 Å². The summed E-state index contributed by atoms with van der Waals surface area (Å²) < 4.78 is 38.9. The first-order valence-corrected chi connectivity index (χ1v) is 8.18. The molecule has 0 spiro atoms. The summed E-state index contributed by atoms with van der Waals surface area (Å²) >= 11 is 0. The number of alkyl halides is 3. The number of allylic oxidation sites excluding steroid dienone is 1. The molecule has 5 heteroatoms. The molecule has 1 amide bonds. The van der Waals surface area contributed by atoms with Crippen molar-refractivity contribution in [1.29, 1.82) is 0 Å². The van der Waals surface area contributed by atoms with Crippen LogP contribution < -0.4 is 0 Å². The van der Waals surface area contributed by atoms with E-state index in [1.54, 1.807) is 24.0 Å². The van der Waals surface area contributed by atoms with Crippen molar-refractivity contribution in [2.24, 2.45) is 11.3 Å². The van der Waals surface area contributed by atoms with Gasteiger partial charge in [-0.25, -0.2) is 0 Å². The molecule has 2 nitrogen and oxygen atoms in total. The molecular weight excluding hydrogens is 315 g/mol. The summed E-state index contributed by atoms with van der Waals surface area (Å²) in [6.07, 6.45) is -1.30. The lowest BCUT2D eigenvalue weighted by atomic mass is 9.73. The summed E-state index contributed by atoms with van der Waals surface area (Å²) in [4.78, 5) is 14.6. The highest BCUT2D eigenvalue weighted by Gasteiger charge is 2.47. The fourth-order valence-electron chi connectivity index (χ4n) is 3.56. The fraction of sp³-hybridized carbons (Fsp3) is 0.526. The Morgan fingerprint density at radius 2 is 2.00 bits per heavy atom. The SMILES string of the molecule is C=CCC1(C(C)C)CCN(Cc2cc(C)cc(C(F)(F)F)c2)C1=O. The quantitative estimate of drug-likeness (QED) is 0.694. The van der Waals surface area contributed by atoms with Crippen molar-refractivity contribution in [1.82, 2.24) is 4.90 Å². The van der Waals surface area contributed by atoms with E-state index in [1.165, 1.54) is 0 Å². The molecule has 1 aliphatic rings. The molecule has 1 heterocycles. The van der Waals surface area contributed by atoms with E-state index < -0.39 is 17.2 Å². The van der Waals surface area contributed by atoms with Crippen LogP contribution in [-0.4, -0.2) is 17.4 Å². The zero-order valence-electron chi connectivity index (χ0n) is 14.4. The van der Waals surface area contributed by atoms with E-state index >= 15 is 0 Å². The summed E-state index contributed by atoms with van der Waals surface area (Å²) in [5.41, 5.74) is -0.0646. The molecule has 1 aromatic carbocycles. The topological polar surface area (TPSA) is 20.3 Å². The summed E-state index contributed by atoms with van der Waals surface area (Å²) in [6.45, 7) is 10.2. The lowest BCUT2D eigenvalue weighted by Gasteiger charge is -2.31. The zero-order chi connectivity index (χ0) is 18.1. The molecule has 1 saturated heterocycles. The molecule has 2 rings (SSSR count). The van der Waals surface area contributed by atoms with E-state index in [1.807, 2.05) is 13.8 Å². The minimum Gasteiger partial charge on any atom is -0.338 e. The smallest absolute Gasteiger partial charge is 0.338 e. The summed E-state index contributed by atoms with van der Waals surface area (Å²) in [5.74, 6) is 0.184. The van der Waals surface area contributed by atoms with E-state index in [0.29, 0.717) is 30.5 Å². The molecule has 0 saturated carbocycles. The lowest BCUT2D eigenvalue weighted by Crippen LogP contribution is -2.37. The highest BCUT2D eigenvalue weighted by atomic mass is 19.4. The number of benzene rings is 1. The Morgan fingerprint density at radius 3 is 2.54 bits per heavy atom. The third-order valence-electron chi connectivity index (χ3n) is 4.99. The van der Waals surface area contributed by atoms with Crippen LogP contribution in [0.5, 0.6) is 0 Å². The highest BCUT2D eigenvalue weighted by molar-refractivity contribution is 5.85. The van der Waals surface area contributed by atoms with E-state index in [9.17, 15) is 18.0 Å². The van der Waals surface area contributed by atoms with Crippen LogP contribution >= 0.6 is 0 Å². The van der Waals surface area contributed by atoms with Crippen LogP contribution in [0.25, 0.3) is 0 Å². The molecular formula is C19H24F3NO. The zero-order valence-corrected chi connectivity index (χ0v) is 14.4. The minimum absolute atomic E-state index is 0.0208. The largest absolute Gasteiger partial charge is 0.416 e. The number of carbonyl (C=O) groups is 1. The first-order valence-electron chi connectivity index (χ1n) is 8.18. The maximum atomic E-state index is 13.0. The van der Waals surface area contributed by atoms with Crippen LogP contribution in [0, 0.1) is 18.3 Å². The van der Waals surface area contributed by atoms with Gasteiger partial charge in [0.2, 0.25) is 5.91 Å². The average Bonchev–Trinajstić information content (AvgIpc) is 2.77. The number of likely N-dealkylation sites (tertiary alicyclic amines) is 1. The molecule has 1 aliphatic heterocycles. The Kier molecular flexibility index (Phi) is 5.11. The molecule has 0 aromatic heterocycles. The van der Waals surface area contributed by atoms with Crippen molar-refractivity contribution >= 4 is 5.91 Å². The fourth-order valence-corrected chi connectivity index (χ4v) is 3.56. The molecule has 1 atom stereocenters. The van der Waals surface area contributed by atoms with Gasteiger partial charge in [0, 0.05) is 13.1 Å². The first kappa shape index (κ1) is 18.6. The second kappa shape index (κ2) is 6.61. The van der Waals surface area contributed by atoms with Gasteiger partial charge in [-0.2, -0.15) is 13.2 Å². The van der Waals surface area contributed by atoms with Crippen molar-refractivity contribution in [3.05, 3.63) is 47.5 Å². The molecule has 1 aromatic rings. The second-order valence-electron chi connectivity index (χ2n) is 6.99. The molecule has 0 aliphatic carbocycles. The monoisotopic (exact) mass is 339 g/mol. The Bertz CT molecular complexity index is 636. The van der Waals surface area contributed by atoms with E-state index in [4.69, 9.17) is 0 Å². The lowest BCUT2D eigenvalue weighted by molar-refractivity contribution is -0.138. The molecule has 132 valence electrons. The van der Waals surface area contributed by atoms with Gasteiger partial charge in [0.25, 0.3) is 0 Å². The van der Waals surface area contributed by atoms with Crippen LogP contribution in [0.2, 0.25) is 0 Å². The van der Waals surface area contributed by atoms with Crippen LogP contribution in [0.1, 0.15) is 43.4 Å². The standard InChI is InChI=1S/C19H24F3NO/c1-5-6-18(13(2)3)7-8-23(17(18)24)12-15-9-14(4)10-16(11-15)19(20,21)22/h5,9-11,13H,1,6-8,12H2,2-4H3. The summed E-state index contributed by atoms with van der Waals surface area (Å²) in [7, 11) is 0. The predicted molar refractivity (Wildman–Crippen MR) is 88.3 cm³/mol. The van der Waals surface area contributed by atoms with E-state index in [2.05, 4.69) is 6.58 Å². The van der Waals surface area contributed by atoms with Crippen molar-refractivity contribution in [2.75, 3.05) is 6.54 Å². The third-order valence-corrected chi connectivity index (χ3v) is 4.99. The first-order chi connectivity index (χ1) is 11.1. The van der Waals surface area contributed by atoms with Gasteiger partial charge in [0.15, 0.2) is 0 Å². The molecule has 1 unspecified atom stereocenters. The Labute approximate surface area is 141 Å². The van der Waals surface area contributed by atoms with Gasteiger partial charge in [-0.05, 0) is 43.4 Å².